The second-order valence-electron chi connectivity index (χ2n) is 7.37. The molecule has 0 saturated heterocycles. The lowest BCUT2D eigenvalue weighted by molar-refractivity contribution is -0.118. The average Bonchev–Trinajstić information content (AvgIpc) is 2.61. The summed E-state index contributed by atoms with van der Waals surface area (Å²) in [6.07, 6.45) is 0. The van der Waals surface area contributed by atoms with Crippen molar-refractivity contribution in [1.29, 1.82) is 0 Å². The van der Waals surface area contributed by atoms with E-state index in [-0.39, 0.29) is 23.2 Å². The summed E-state index contributed by atoms with van der Waals surface area (Å²) >= 11 is 1.07. The number of carbonyl (C=O) groups is 2. The highest BCUT2D eigenvalue weighted by atomic mass is 32.2. The van der Waals surface area contributed by atoms with Gasteiger partial charge in [-0.15, -0.1) is 0 Å². The largest absolute Gasteiger partial charge is 0.484 e. The predicted molar refractivity (Wildman–Crippen MR) is 111 cm³/mol. The van der Waals surface area contributed by atoms with Crippen molar-refractivity contribution in [3.8, 4) is 5.75 Å². The van der Waals surface area contributed by atoms with Gasteiger partial charge in [0.15, 0.2) is 6.61 Å². The average molecular weight is 387 g/mol. The van der Waals surface area contributed by atoms with Crippen LogP contribution in [0.1, 0.15) is 26.3 Å². The zero-order valence-corrected chi connectivity index (χ0v) is 17.2. The van der Waals surface area contributed by atoms with Crippen LogP contribution in [-0.4, -0.2) is 36.7 Å². The molecular formula is C21H26N2O3S. The Bertz CT molecular complexity index is 813. The van der Waals surface area contributed by atoms with Gasteiger partial charge in [0.2, 0.25) is 0 Å². The minimum atomic E-state index is -0.276. The van der Waals surface area contributed by atoms with Gasteiger partial charge in [-0.05, 0) is 47.0 Å². The van der Waals surface area contributed by atoms with Crippen molar-refractivity contribution < 1.29 is 14.3 Å². The molecule has 5 nitrogen and oxygen atoms in total. The Morgan fingerprint density at radius 1 is 1.07 bits per heavy atom. The Labute approximate surface area is 165 Å². The van der Waals surface area contributed by atoms with Gasteiger partial charge < -0.3 is 15.0 Å². The van der Waals surface area contributed by atoms with E-state index in [1.165, 1.54) is 4.90 Å². The Morgan fingerprint density at radius 2 is 1.78 bits per heavy atom. The third kappa shape index (κ3) is 6.32. The van der Waals surface area contributed by atoms with Crippen molar-refractivity contribution in [3.63, 3.8) is 0 Å². The summed E-state index contributed by atoms with van der Waals surface area (Å²) in [6, 6.07) is 15.0. The zero-order valence-electron chi connectivity index (χ0n) is 16.4. The summed E-state index contributed by atoms with van der Waals surface area (Å²) in [5.74, 6) is 0.379. The molecule has 2 aromatic rings. The van der Waals surface area contributed by atoms with E-state index in [4.69, 9.17) is 4.74 Å². The smallest absolute Gasteiger partial charge is 0.286 e. The monoisotopic (exact) mass is 386 g/mol. The van der Waals surface area contributed by atoms with Gasteiger partial charge in [0.05, 0.1) is 5.69 Å². The molecule has 144 valence electrons. The zero-order chi connectivity index (χ0) is 20.0. The Balaban J connectivity index is 2.00. The molecule has 0 aliphatic carbocycles. The van der Waals surface area contributed by atoms with E-state index >= 15 is 0 Å². The second-order valence-corrected chi connectivity index (χ2v) is 8.37. The minimum absolute atomic E-state index is 0.0107. The SMILES string of the molecule is CN(C)C(=O)Sc1ccccc1NC(=O)COc1cccc(C(C)(C)C)c1. The summed E-state index contributed by atoms with van der Waals surface area (Å²) in [7, 11) is 3.38. The molecule has 0 unspecified atom stereocenters. The summed E-state index contributed by atoms with van der Waals surface area (Å²) in [6.45, 7) is 6.28. The van der Waals surface area contributed by atoms with E-state index in [9.17, 15) is 9.59 Å². The fourth-order valence-electron chi connectivity index (χ4n) is 2.23. The van der Waals surface area contributed by atoms with Crippen molar-refractivity contribution in [1.82, 2.24) is 4.90 Å². The lowest BCUT2D eigenvalue weighted by Gasteiger charge is -2.19. The van der Waals surface area contributed by atoms with Crippen molar-refractivity contribution in [3.05, 3.63) is 54.1 Å². The first kappa shape index (κ1) is 20.8. The number of benzene rings is 2. The van der Waals surface area contributed by atoms with Gasteiger partial charge in [0, 0.05) is 19.0 Å². The van der Waals surface area contributed by atoms with E-state index in [1.54, 1.807) is 26.2 Å². The molecule has 0 bridgehead atoms. The first-order valence-electron chi connectivity index (χ1n) is 8.68. The Kier molecular flexibility index (Phi) is 6.91. The number of nitrogens with zero attached hydrogens (tertiary/aromatic N) is 1. The molecule has 2 rings (SSSR count). The number of hydrogen-bond acceptors (Lipinski definition) is 4. The molecular weight excluding hydrogens is 360 g/mol. The molecule has 27 heavy (non-hydrogen) atoms. The topological polar surface area (TPSA) is 58.6 Å². The molecule has 0 aliphatic heterocycles. The molecule has 0 aromatic heterocycles. The van der Waals surface area contributed by atoms with Crippen LogP contribution in [0.3, 0.4) is 0 Å². The number of rotatable bonds is 5. The number of nitrogens with one attached hydrogen (secondary N) is 1. The summed E-state index contributed by atoms with van der Waals surface area (Å²) < 4.78 is 5.64. The van der Waals surface area contributed by atoms with Gasteiger partial charge >= 0.3 is 0 Å². The minimum Gasteiger partial charge on any atom is -0.484 e. The molecule has 0 aliphatic rings. The van der Waals surface area contributed by atoms with Crippen LogP contribution >= 0.6 is 11.8 Å². The Morgan fingerprint density at radius 3 is 2.44 bits per heavy atom. The van der Waals surface area contributed by atoms with Gasteiger partial charge in [-0.2, -0.15) is 0 Å². The van der Waals surface area contributed by atoms with Crippen molar-refractivity contribution in [2.45, 2.75) is 31.1 Å². The summed E-state index contributed by atoms with van der Waals surface area (Å²) in [5.41, 5.74) is 1.75. The third-order valence-corrected chi connectivity index (χ3v) is 4.91. The molecule has 0 heterocycles. The number of amides is 2. The van der Waals surface area contributed by atoms with Crippen LogP contribution in [0.2, 0.25) is 0 Å². The highest BCUT2D eigenvalue weighted by Crippen LogP contribution is 2.29. The quantitative estimate of drug-likeness (QED) is 0.752. The highest BCUT2D eigenvalue weighted by molar-refractivity contribution is 8.13. The van der Waals surface area contributed by atoms with Crippen molar-refractivity contribution >= 4 is 28.6 Å². The predicted octanol–water partition coefficient (Wildman–Crippen LogP) is 4.78. The maximum absolute atomic E-state index is 12.3. The van der Waals surface area contributed by atoms with Crippen LogP contribution in [0.5, 0.6) is 5.75 Å². The van der Waals surface area contributed by atoms with Crippen molar-refractivity contribution in [2.75, 3.05) is 26.0 Å². The summed E-state index contributed by atoms with van der Waals surface area (Å²) in [4.78, 5) is 26.4. The van der Waals surface area contributed by atoms with Crippen LogP contribution in [0.15, 0.2) is 53.4 Å². The van der Waals surface area contributed by atoms with E-state index in [1.807, 2.05) is 36.4 Å². The van der Waals surface area contributed by atoms with Crippen LogP contribution in [-0.2, 0) is 10.2 Å². The van der Waals surface area contributed by atoms with Crippen LogP contribution in [0.4, 0.5) is 10.5 Å². The van der Waals surface area contributed by atoms with E-state index in [0.717, 1.165) is 17.3 Å². The lowest BCUT2D eigenvalue weighted by Crippen LogP contribution is -2.21. The molecule has 1 N–H and O–H groups in total. The molecule has 2 aromatic carbocycles. The molecule has 0 atom stereocenters. The first-order valence-corrected chi connectivity index (χ1v) is 9.50. The maximum atomic E-state index is 12.3. The first-order chi connectivity index (χ1) is 12.7. The highest BCUT2D eigenvalue weighted by Gasteiger charge is 2.15. The number of hydrogen-bond donors (Lipinski definition) is 1. The molecule has 0 radical (unpaired) electrons. The molecule has 0 fully saturated rings. The van der Waals surface area contributed by atoms with Crippen LogP contribution in [0.25, 0.3) is 0 Å². The third-order valence-electron chi connectivity index (χ3n) is 3.79. The molecule has 2 amide bonds. The fraction of sp³-hybridized carbons (Fsp3) is 0.333. The molecule has 0 saturated carbocycles. The van der Waals surface area contributed by atoms with Crippen molar-refractivity contribution in [2.24, 2.45) is 0 Å². The van der Waals surface area contributed by atoms with E-state index < -0.39 is 0 Å². The summed E-state index contributed by atoms with van der Waals surface area (Å²) in [5, 5.41) is 2.71. The van der Waals surface area contributed by atoms with E-state index in [0.29, 0.717) is 16.3 Å². The van der Waals surface area contributed by atoms with Gasteiger partial charge in [0.25, 0.3) is 11.1 Å². The Hall–Kier alpha value is -2.47. The van der Waals surface area contributed by atoms with Gasteiger partial charge in [-0.25, -0.2) is 0 Å². The molecule has 6 heteroatoms. The second kappa shape index (κ2) is 8.95. The maximum Gasteiger partial charge on any atom is 0.286 e. The lowest BCUT2D eigenvalue weighted by atomic mass is 9.87. The van der Waals surface area contributed by atoms with E-state index in [2.05, 4.69) is 26.1 Å². The molecule has 0 spiro atoms. The van der Waals surface area contributed by atoms with Crippen LogP contribution in [0, 0.1) is 0 Å². The number of para-hydroxylation sites is 1. The standard InChI is InChI=1S/C21H26N2O3S/c1-21(2,3)15-9-8-10-16(13-15)26-14-19(24)22-17-11-6-7-12-18(17)27-20(25)23(4)5/h6-13H,14H2,1-5H3,(H,22,24). The van der Waals surface area contributed by atoms with Gasteiger partial charge in [-0.1, -0.05) is 45.0 Å². The van der Waals surface area contributed by atoms with Gasteiger partial charge in [-0.3, -0.25) is 9.59 Å². The number of anilines is 1. The number of ether oxygens (including phenoxy) is 1. The van der Waals surface area contributed by atoms with Crippen LogP contribution < -0.4 is 10.1 Å². The number of carbonyl (C=O) groups excluding carboxylic acids is 2. The fourth-order valence-corrected chi connectivity index (χ4v) is 2.98. The number of thioether (sulfide) groups is 1. The normalized spacial score (nSPS) is 11.0. The van der Waals surface area contributed by atoms with Gasteiger partial charge in [0.1, 0.15) is 5.75 Å².